The molecule has 0 N–H and O–H groups in total. The average molecular weight is 198 g/mol. The third-order valence-corrected chi connectivity index (χ3v) is 2.73. The van der Waals surface area contributed by atoms with Gasteiger partial charge in [0.15, 0.2) is 11.0 Å². The van der Waals surface area contributed by atoms with Crippen molar-refractivity contribution >= 4 is 17.4 Å². The van der Waals surface area contributed by atoms with E-state index in [9.17, 15) is 0 Å². The Labute approximate surface area is 82.8 Å². The van der Waals surface area contributed by atoms with Crippen LogP contribution in [0.4, 0.5) is 5.82 Å². The van der Waals surface area contributed by atoms with E-state index in [0.717, 1.165) is 12.4 Å². The molecule has 0 bridgehead atoms. The lowest BCUT2D eigenvalue weighted by molar-refractivity contribution is 0.725. The first-order valence-corrected chi connectivity index (χ1v) is 4.90. The molecule has 0 radical (unpaired) electrons. The van der Waals surface area contributed by atoms with Gasteiger partial charge in [-0.05, 0) is 19.8 Å². The molecule has 4 heteroatoms. The molecule has 2 heterocycles. The molecule has 70 valence electrons. The lowest BCUT2D eigenvalue weighted by Gasteiger charge is -2.22. The van der Waals surface area contributed by atoms with E-state index in [0.29, 0.717) is 11.2 Å². The van der Waals surface area contributed by atoms with Crippen LogP contribution in [0.15, 0.2) is 12.4 Å². The van der Waals surface area contributed by atoms with Crippen LogP contribution in [0.5, 0.6) is 0 Å². The Morgan fingerprint density at radius 3 is 2.85 bits per heavy atom. The zero-order chi connectivity index (χ0) is 9.26. The van der Waals surface area contributed by atoms with Crippen molar-refractivity contribution in [2.24, 2.45) is 0 Å². The SMILES string of the molecule is CC1CCCN1c1nccnc1Cl. The minimum atomic E-state index is 0.510. The quantitative estimate of drug-likeness (QED) is 0.691. The molecule has 1 atom stereocenters. The largest absolute Gasteiger partial charge is 0.351 e. The predicted octanol–water partition coefficient (Wildman–Crippen LogP) is 2.12. The smallest absolute Gasteiger partial charge is 0.171 e. The Balaban J connectivity index is 2.29. The number of hydrogen-bond acceptors (Lipinski definition) is 3. The van der Waals surface area contributed by atoms with Crippen LogP contribution in [0, 0.1) is 0 Å². The topological polar surface area (TPSA) is 29.0 Å². The van der Waals surface area contributed by atoms with Gasteiger partial charge in [0.25, 0.3) is 0 Å². The standard InChI is InChI=1S/C9H12ClN3/c1-7-3-2-6-13(7)9-8(10)11-4-5-12-9/h4-5,7H,2-3,6H2,1H3. The second-order valence-corrected chi connectivity index (χ2v) is 3.71. The second-order valence-electron chi connectivity index (χ2n) is 3.36. The molecule has 13 heavy (non-hydrogen) atoms. The Kier molecular flexibility index (Phi) is 2.36. The van der Waals surface area contributed by atoms with E-state index in [2.05, 4.69) is 21.8 Å². The van der Waals surface area contributed by atoms with Gasteiger partial charge in [0.05, 0.1) is 0 Å². The van der Waals surface area contributed by atoms with E-state index in [-0.39, 0.29) is 0 Å². The van der Waals surface area contributed by atoms with E-state index >= 15 is 0 Å². The summed E-state index contributed by atoms with van der Waals surface area (Å²) >= 11 is 5.95. The maximum absolute atomic E-state index is 5.95. The van der Waals surface area contributed by atoms with Crippen molar-refractivity contribution in [3.8, 4) is 0 Å². The summed E-state index contributed by atoms with van der Waals surface area (Å²) in [6, 6.07) is 0.536. The van der Waals surface area contributed by atoms with Gasteiger partial charge in [-0.2, -0.15) is 0 Å². The fraction of sp³-hybridized carbons (Fsp3) is 0.556. The van der Waals surface area contributed by atoms with Crippen LogP contribution in [0.25, 0.3) is 0 Å². The minimum absolute atomic E-state index is 0.510. The number of halogens is 1. The zero-order valence-electron chi connectivity index (χ0n) is 7.57. The van der Waals surface area contributed by atoms with Gasteiger partial charge in [0.2, 0.25) is 0 Å². The number of hydrogen-bond donors (Lipinski definition) is 0. The molecular weight excluding hydrogens is 186 g/mol. The van der Waals surface area contributed by atoms with Gasteiger partial charge in [-0.25, -0.2) is 9.97 Å². The van der Waals surface area contributed by atoms with Crippen molar-refractivity contribution in [3.05, 3.63) is 17.5 Å². The van der Waals surface area contributed by atoms with Gasteiger partial charge in [-0.15, -0.1) is 0 Å². The van der Waals surface area contributed by atoms with Gasteiger partial charge >= 0.3 is 0 Å². The molecule has 3 nitrogen and oxygen atoms in total. The minimum Gasteiger partial charge on any atom is -0.351 e. The molecule has 1 aromatic rings. The molecule has 1 fully saturated rings. The van der Waals surface area contributed by atoms with E-state index in [1.165, 1.54) is 12.8 Å². The summed E-state index contributed by atoms with van der Waals surface area (Å²) in [7, 11) is 0. The molecule has 1 aliphatic rings. The normalized spacial score (nSPS) is 22.3. The van der Waals surface area contributed by atoms with Crippen molar-refractivity contribution in [2.45, 2.75) is 25.8 Å². The van der Waals surface area contributed by atoms with Crippen LogP contribution in [-0.2, 0) is 0 Å². The number of aromatic nitrogens is 2. The van der Waals surface area contributed by atoms with Crippen LogP contribution in [0.3, 0.4) is 0 Å². The molecule has 0 saturated carbocycles. The van der Waals surface area contributed by atoms with E-state index in [4.69, 9.17) is 11.6 Å². The molecule has 1 aliphatic heterocycles. The highest BCUT2D eigenvalue weighted by Gasteiger charge is 2.23. The molecule has 1 saturated heterocycles. The molecule has 0 amide bonds. The fourth-order valence-electron chi connectivity index (χ4n) is 1.75. The monoisotopic (exact) mass is 197 g/mol. The number of nitrogens with zero attached hydrogens (tertiary/aromatic N) is 3. The molecule has 1 aromatic heterocycles. The summed E-state index contributed by atoms with van der Waals surface area (Å²) in [6.45, 7) is 3.23. The second kappa shape index (κ2) is 3.50. The van der Waals surface area contributed by atoms with E-state index < -0.39 is 0 Å². The van der Waals surface area contributed by atoms with Crippen LogP contribution >= 0.6 is 11.6 Å². The average Bonchev–Trinajstić information content (AvgIpc) is 2.52. The maximum atomic E-state index is 5.95. The third kappa shape index (κ3) is 1.61. The van der Waals surface area contributed by atoms with Gasteiger partial charge in [-0.3, -0.25) is 0 Å². The van der Waals surface area contributed by atoms with Crippen molar-refractivity contribution in [1.29, 1.82) is 0 Å². The highest BCUT2D eigenvalue weighted by atomic mass is 35.5. The summed E-state index contributed by atoms with van der Waals surface area (Å²) in [6.07, 6.45) is 5.74. The van der Waals surface area contributed by atoms with Crippen molar-refractivity contribution in [2.75, 3.05) is 11.4 Å². The Morgan fingerprint density at radius 2 is 2.23 bits per heavy atom. The predicted molar refractivity (Wildman–Crippen MR) is 53.1 cm³/mol. The number of rotatable bonds is 1. The van der Waals surface area contributed by atoms with Crippen molar-refractivity contribution in [3.63, 3.8) is 0 Å². The summed E-state index contributed by atoms with van der Waals surface area (Å²) < 4.78 is 0. The van der Waals surface area contributed by atoms with Crippen LogP contribution in [-0.4, -0.2) is 22.6 Å². The highest BCUT2D eigenvalue weighted by Crippen LogP contribution is 2.27. The first kappa shape index (κ1) is 8.75. The molecule has 0 aromatic carbocycles. The lowest BCUT2D eigenvalue weighted by atomic mass is 10.2. The first-order valence-electron chi connectivity index (χ1n) is 4.52. The molecule has 0 spiro atoms. The summed E-state index contributed by atoms with van der Waals surface area (Å²) in [5.41, 5.74) is 0. The maximum Gasteiger partial charge on any atom is 0.171 e. The molecular formula is C9H12ClN3. The summed E-state index contributed by atoms with van der Waals surface area (Å²) in [5.74, 6) is 0.828. The Hall–Kier alpha value is -0.830. The summed E-state index contributed by atoms with van der Waals surface area (Å²) in [4.78, 5) is 10.5. The first-order chi connectivity index (χ1) is 6.29. The zero-order valence-corrected chi connectivity index (χ0v) is 8.33. The van der Waals surface area contributed by atoms with Crippen LogP contribution in [0.2, 0.25) is 5.15 Å². The van der Waals surface area contributed by atoms with Crippen LogP contribution < -0.4 is 4.90 Å². The lowest BCUT2D eigenvalue weighted by Crippen LogP contribution is -2.27. The highest BCUT2D eigenvalue weighted by molar-refractivity contribution is 6.31. The van der Waals surface area contributed by atoms with E-state index in [1.807, 2.05) is 0 Å². The third-order valence-electron chi connectivity index (χ3n) is 2.46. The van der Waals surface area contributed by atoms with Gasteiger partial charge in [0, 0.05) is 25.0 Å². The van der Waals surface area contributed by atoms with Crippen molar-refractivity contribution in [1.82, 2.24) is 9.97 Å². The van der Waals surface area contributed by atoms with E-state index in [1.54, 1.807) is 12.4 Å². The Bertz CT molecular complexity index is 303. The van der Waals surface area contributed by atoms with Gasteiger partial charge in [0.1, 0.15) is 0 Å². The number of anilines is 1. The van der Waals surface area contributed by atoms with Crippen LogP contribution in [0.1, 0.15) is 19.8 Å². The fourth-order valence-corrected chi connectivity index (χ4v) is 1.97. The van der Waals surface area contributed by atoms with Gasteiger partial charge in [-0.1, -0.05) is 11.6 Å². The molecule has 2 rings (SSSR count). The summed E-state index contributed by atoms with van der Waals surface area (Å²) in [5, 5.41) is 0.510. The molecule has 0 aliphatic carbocycles. The molecule has 1 unspecified atom stereocenters. The van der Waals surface area contributed by atoms with Crippen molar-refractivity contribution < 1.29 is 0 Å². The Morgan fingerprint density at radius 1 is 1.46 bits per heavy atom. The van der Waals surface area contributed by atoms with Gasteiger partial charge < -0.3 is 4.90 Å².